The van der Waals surface area contributed by atoms with E-state index in [0.717, 1.165) is 17.6 Å². The summed E-state index contributed by atoms with van der Waals surface area (Å²) in [6.45, 7) is 4.06. The maximum atomic E-state index is 10.8. The van der Waals surface area contributed by atoms with Crippen molar-refractivity contribution >= 4 is 16.8 Å². The summed E-state index contributed by atoms with van der Waals surface area (Å²) in [5.41, 5.74) is 1.87. The van der Waals surface area contributed by atoms with E-state index in [9.17, 15) is 4.79 Å². The van der Waals surface area contributed by atoms with Gasteiger partial charge in [-0.05, 0) is 30.9 Å². The second-order valence-corrected chi connectivity index (χ2v) is 3.38. The molecule has 60 valence electrons. The van der Waals surface area contributed by atoms with Crippen molar-refractivity contribution in [2.75, 3.05) is 0 Å². The summed E-state index contributed by atoms with van der Waals surface area (Å²) in [6, 6.07) is 0. The summed E-state index contributed by atoms with van der Waals surface area (Å²) in [5.74, 6) is 0.442. The zero-order chi connectivity index (χ0) is 8.43. The monoisotopic (exact) mass is 170 g/mol. The van der Waals surface area contributed by atoms with Gasteiger partial charge in [0.25, 0.3) is 0 Å². The molecule has 0 aromatic rings. The second-order valence-electron chi connectivity index (χ2n) is 3.04. The highest BCUT2D eigenvalue weighted by molar-refractivity contribution is 6.67. The number of allylic oxidation sites excluding steroid dienone is 4. The highest BCUT2D eigenvalue weighted by atomic mass is 35.5. The molecule has 0 fully saturated rings. The summed E-state index contributed by atoms with van der Waals surface area (Å²) in [4.78, 5) is 10.8. The Kier molecular flexibility index (Phi) is 2.50. The van der Waals surface area contributed by atoms with Gasteiger partial charge in [-0.25, -0.2) is 0 Å². The average Bonchev–Trinajstić information content (AvgIpc) is 1.85. The van der Waals surface area contributed by atoms with Gasteiger partial charge < -0.3 is 0 Å². The summed E-state index contributed by atoms with van der Waals surface area (Å²) in [5, 5.41) is -0.315. The van der Waals surface area contributed by atoms with Gasteiger partial charge in [-0.2, -0.15) is 0 Å². The molecule has 0 aliphatic heterocycles. The molecule has 0 saturated carbocycles. The zero-order valence-corrected chi connectivity index (χ0v) is 7.48. The minimum atomic E-state index is -0.315. The fourth-order valence-corrected chi connectivity index (χ4v) is 1.51. The largest absolute Gasteiger partial charge is 0.276 e. The Labute approximate surface area is 71.7 Å². The van der Waals surface area contributed by atoms with Crippen molar-refractivity contribution in [2.45, 2.75) is 20.3 Å². The molecule has 0 heterocycles. The number of halogens is 1. The number of rotatable bonds is 1. The maximum Gasteiger partial charge on any atom is 0.248 e. The second kappa shape index (κ2) is 3.22. The molecular formula is C9H11ClO. The van der Waals surface area contributed by atoms with Crippen LogP contribution in [0.2, 0.25) is 0 Å². The van der Waals surface area contributed by atoms with Crippen LogP contribution in [0.15, 0.2) is 23.3 Å². The van der Waals surface area contributed by atoms with E-state index in [1.165, 1.54) is 0 Å². The third-order valence-electron chi connectivity index (χ3n) is 1.74. The molecular weight excluding hydrogens is 160 g/mol. The predicted molar refractivity (Wildman–Crippen MR) is 46.5 cm³/mol. The van der Waals surface area contributed by atoms with Crippen molar-refractivity contribution in [2.24, 2.45) is 5.92 Å². The Balaban J connectivity index is 2.84. The van der Waals surface area contributed by atoms with E-state index in [1.54, 1.807) is 0 Å². The van der Waals surface area contributed by atoms with Crippen molar-refractivity contribution in [3.05, 3.63) is 23.3 Å². The van der Waals surface area contributed by atoms with Crippen LogP contribution in [0, 0.1) is 5.92 Å². The van der Waals surface area contributed by atoms with E-state index >= 15 is 0 Å². The molecule has 1 atom stereocenters. The molecule has 1 aliphatic rings. The fourth-order valence-electron chi connectivity index (χ4n) is 1.37. The van der Waals surface area contributed by atoms with E-state index < -0.39 is 0 Å². The zero-order valence-electron chi connectivity index (χ0n) is 6.73. The van der Waals surface area contributed by atoms with Gasteiger partial charge >= 0.3 is 0 Å². The first kappa shape index (κ1) is 8.54. The first-order valence-electron chi connectivity index (χ1n) is 3.68. The van der Waals surface area contributed by atoms with Crippen molar-refractivity contribution in [3.63, 3.8) is 0 Å². The Hall–Kier alpha value is -0.560. The van der Waals surface area contributed by atoms with Gasteiger partial charge in [-0.1, -0.05) is 24.6 Å². The quantitative estimate of drug-likeness (QED) is 0.553. The first-order valence-corrected chi connectivity index (χ1v) is 4.06. The van der Waals surface area contributed by atoms with Crippen LogP contribution in [-0.2, 0) is 4.79 Å². The van der Waals surface area contributed by atoms with Gasteiger partial charge in [0, 0.05) is 5.57 Å². The van der Waals surface area contributed by atoms with Crippen LogP contribution >= 0.6 is 11.6 Å². The van der Waals surface area contributed by atoms with Crippen molar-refractivity contribution in [1.82, 2.24) is 0 Å². The Bertz CT molecular complexity index is 238. The number of hydrogen-bond acceptors (Lipinski definition) is 1. The van der Waals surface area contributed by atoms with Crippen LogP contribution < -0.4 is 0 Å². The lowest BCUT2D eigenvalue weighted by atomic mass is 9.93. The van der Waals surface area contributed by atoms with Crippen LogP contribution in [0.3, 0.4) is 0 Å². The van der Waals surface area contributed by atoms with Crippen molar-refractivity contribution in [3.8, 4) is 0 Å². The molecule has 0 bridgehead atoms. The van der Waals surface area contributed by atoms with E-state index in [0.29, 0.717) is 5.92 Å². The third-order valence-corrected chi connectivity index (χ3v) is 1.99. The molecule has 0 radical (unpaired) electrons. The lowest BCUT2D eigenvalue weighted by molar-refractivity contribution is -0.108. The normalized spacial score (nSPS) is 24.1. The molecule has 0 aromatic carbocycles. The summed E-state index contributed by atoms with van der Waals surface area (Å²) in [6.07, 6.45) is 4.78. The lowest BCUT2D eigenvalue weighted by Crippen LogP contribution is -2.04. The smallest absolute Gasteiger partial charge is 0.248 e. The molecule has 0 amide bonds. The molecule has 0 spiro atoms. The van der Waals surface area contributed by atoms with E-state index in [1.807, 2.05) is 13.0 Å². The molecule has 0 aromatic heterocycles. The minimum Gasteiger partial charge on any atom is -0.276 e. The van der Waals surface area contributed by atoms with Crippen LogP contribution in [-0.4, -0.2) is 5.24 Å². The van der Waals surface area contributed by atoms with Gasteiger partial charge in [0.05, 0.1) is 0 Å². The molecule has 0 N–H and O–H groups in total. The van der Waals surface area contributed by atoms with Gasteiger partial charge in [0.15, 0.2) is 0 Å². The third kappa shape index (κ3) is 2.19. The van der Waals surface area contributed by atoms with Crippen LogP contribution in [0.25, 0.3) is 0 Å². The van der Waals surface area contributed by atoms with E-state index in [-0.39, 0.29) is 5.24 Å². The molecule has 1 aliphatic carbocycles. The maximum absolute atomic E-state index is 10.8. The van der Waals surface area contributed by atoms with E-state index in [2.05, 4.69) is 13.0 Å². The van der Waals surface area contributed by atoms with Gasteiger partial charge in [-0.15, -0.1) is 0 Å². The summed E-state index contributed by atoms with van der Waals surface area (Å²) in [7, 11) is 0. The predicted octanol–water partition coefficient (Wildman–Crippen LogP) is 2.66. The highest BCUT2D eigenvalue weighted by Crippen LogP contribution is 2.23. The SMILES string of the molecule is CC1=CC(C)CC(C(=O)Cl)=C1. The molecule has 1 nitrogen and oxygen atoms in total. The van der Waals surface area contributed by atoms with E-state index in [4.69, 9.17) is 11.6 Å². The van der Waals surface area contributed by atoms with Crippen molar-refractivity contribution in [1.29, 1.82) is 0 Å². The van der Waals surface area contributed by atoms with Gasteiger partial charge in [-0.3, -0.25) is 4.79 Å². The lowest BCUT2D eigenvalue weighted by Gasteiger charge is -2.13. The average molecular weight is 171 g/mol. The Morgan fingerprint density at radius 2 is 2.36 bits per heavy atom. The van der Waals surface area contributed by atoms with Gasteiger partial charge in [0.2, 0.25) is 5.24 Å². The topological polar surface area (TPSA) is 17.1 Å². The minimum absolute atomic E-state index is 0.315. The summed E-state index contributed by atoms with van der Waals surface area (Å²) >= 11 is 5.35. The fraction of sp³-hybridized carbons (Fsp3) is 0.444. The van der Waals surface area contributed by atoms with Crippen molar-refractivity contribution < 1.29 is 4.79 Å². The van der Waals surface area contributed by atoms with Crippen LogP contribution in [0.1, 0.15) is 20.3 Å². The number of hydrogen-bond donors (Lipinski definition) is 0. The Morgan fingerprint density at radius 1 is 1.73 bits per heavy atom. The molecule has 0 saturated heterocycles. The first-order chi connectivity index (χ1) is 5.09. The molecule has 2 heteroatoms. The standard InChI is InChI=1S/C9H11ClO/c1-6-3-7(2)5-8(4-6)9(10)11/h3-4,7H,5H2,1-2H3. The summed E-state index contributed by atoms with van der Waals surface area (Å²) < 4.78 is 0. The number of carbonyl (C=O) groups is 1. The molecule has 1 unspecified atom stereocenters. The van der Waals surface area contributed by atoms with Crippen LogP contribution in [0.4, 0.5) is 0 Å². The molecule has 11 heavy (non-hydrogen) atoms. The van der Waals surface area contributed by atoms with Crippen LogP contribution in [0.5, 0.6) is 0 Å². The van der Waals surface area contributed by atoms with Gasteiger partial charge in [0.1, 0.15) is 0 Å². The Morgan fingerprint density at radius 3 is 2.82 bits per heavy atom. The highest BCUT2D eigenvalue weighted by Gasteiger charge is 2.13. The molecule has 1 rings (SSSR count). The number of carbonyl (C=O) groups excluding carboxylic acids is 1.